The number of hydrogen-bond acceptors (Lipinski definition) is 2. The lowest BCUT2D eigenvalue weighted by Gasteiger charge is -2.24. The minimum Gasteiger partial charge on any atom is -0.377 e. The number of nitrogens with zero attached hydrogens (tertiary/aromatic N) is 1. The minimum atomic E-state index is -0.226. The average Bonchev–Trinajstić information content (AvgIpc) is 2.44. The van der Waals surface area contributed by atoms with Crippen molar-refractivity contribution in [3.05, 3.63) is 34.9 Å². The van der Waals surface area contributed by atoms with Crippen molar-refractivity contribution in [3.8, 4) is 0 Å². The van der Waals surface area contributed by atoms with Crippen LogP contribution in [-0.2, 0) is 11.3 Å². The second-order valence-corrected chi connectivity index (χ2v) is 5.58. The van der Waals surface area contributed by atoms with E-state index in [2.05, 4.69) is 15.6 Å². The summed E-state index contributed by atoms with van der Waals surface area (Å²) in [6.45, 7) is 8.22. The molecule has 2 N–H and O–H groups in total. The van der Waals surface area contributed by atoms with Crippen LogP contribution in [0.15, 0.2) is 29.3 Å². The average molecular weight is 426 g/mol. The fraction of sp³-hybridized carbons (Fsp3) is 0.533. The maximum Gasteiger partial charge on any atom is 0.191 e. The van der Waals surface area contributed by atoms with Gasteiger partial charge in [-0.2, -0.15) is 0 Å². The molecular formula is C15H25ClIN3O. The summed E-state index contributed by atoms with van der Waals surface area (Å²) >= 11 is 5.87. The van der Waals surface area contributed by atoms with E-state index in [1.54, 1.807) is 7.11 Å². The van der Waals surface area contributed by atoms with Gasteiger partial charge in [0, 0.05) is 25.2 Å². The first-order chi connectivity index (χ1) is 9.46. The van der Waals surface area contributed by atoms with E-state index >= 15 is 0 Å². The van der Waals surface area contributed by atoms with Crippen molar-refractivity contribution in [3.63, 3.8) is 0 Å². The zero-order valence-electron chi connectivity index (χ0n) is 13.1. The second-order valence-electron chi connectivity index (χ2n) is 5.14. The second kappa shape index (κ2) is 10.2. The van der Waals surface area contributed by atoms with Crippen LogP contribution in [0, 0.1) is 0 Å². The van der Waals surface area contributed by atoms with Crippen molar-refractivity contribution in [2.24, 2.45) is 4.99 Å². The maximum atomic E-state index is 5.87. The third kappa shape index (κ3) is 8.48. The highest BCUT2D eigenvalue weighted by Gasteiger charge is 2.16. The first kappa shape index (κ1) is 20.5. The van der Waals surface area contributed by atoms with Gasteiger partial charge in [0.05, 0.1) is 12.1 Å². The Kier molecular flexibility index (Phi) is 9.98. The van der Waals surface area contributed by atoms with Gasteiger partial charge in [-0.25, -0.2) is 4.99 Å². The maximum absolute atomic E-state index is 5.87. The molecule has 21 heavy (non-hydrogen) atoms. The van der Waals surface area contributed by atoms with Crippen LogP contribution in [-0.4, -0.2) is 31.8 Å². The van der Waals surface area contributed by atoms with Gasteiger partial charge in [-0.1, -0.05) is 23.7 Å². The Bertz CT molecular complexity index is 435. The molecule has 0 atom stereocenters. The number of benzene rings is 1. The molecule has 0 aliphatic rings. The summed E-state index contributed by atoms with van der Waals surface area (Å²) in [4.78, 5) is 4.55. The van der Waals surface area contributed by atoms with Crippen molar-refractivity contribution in [2.75, 3.05) is 20.2 Å². The molecule has 0 fully saturated rings. The Balaban J connectivity index is 0.00000400. The van der Waals surface area contributed by atoms with Crippen LogP contribution in [0.1, 0.15) is 26.3 Å². The van der Waals surface area contributed by atoms with Gasteiger partial charge < -0.3 is 15.4 Å². The van der Waals surface area contributed by atoms with E-state index in [-0.39, 0.29) is 29.6 Å². The van der Waals surface area contributed by atoms with Crippen molar-refractivity contribution < 1.29 is 4.74 Å². The van der Waals surface area contributed by atoms with Gasteiger partial charge in [-0.05, 0) is 38.5 Å². The number of rotatable bonds is 6. The largest absolute Gasteiger partial charge is 0.377 e. The summed E-state index contributed by atoms with van der Waals surface area (Å²) < 4.78 is 5.38. The predicted octanol–water partition coefficient (Wildman–Crippen LogP) is 3.44. The monoisotopic (exact) mass is 425 g/mol. The molecule has 0 bridgehead atoms. The zero-order chi connectivity index (χ0) is 15.0. The van der Waals surface area contributed by atoms with E-state index in [0.717, 1.165) is 23.1 Å². The molecule has 4 nitrogen and oxygen atoms in total. The lowest BCUT2D eigenvalue weighted by atomic mass is 10.1. The van der Waals surface area contributed by atoms with Crippen molar-refractivity contribution in [1.82, 2.24) is 10.6 Å². The lowest BCUT2D eigenvalue weighted by Crippen LogP contribution is -2.45. The quantitative estimate of drug-likeness (QED) is 0.417. The van der Waals surface area contributed by atoms with Gasteiger partial charge in [0.2, 0.25) is 0 Å². The summed E-state index contributed by atoms with van der Waals surface area (Å²) in [5, 5.41) is 7.24. The number of hydrogen-bond donors (Lipinski definition) is 2. The summed E-state index contributed by atoms with van der Waals surface area (Å²) in [7, 11) is 1.71. The van der Waals surface area contributed by atoms with Crippen molar-refractivity contribution in [2.45, 2.75) is 32.9 Å². The molecule has 1 aromatic rings. The molecule has 0 unspecified atom stereocenters. The Morgan fingerprint density at radius 2 is 1.86 bits per heavy atom. The van der Waals surface area contributed by atoms with Gasteiger partial charge >= 0.3 is 0 Å². The Morgan fingerprint density at radius 1 is 1.24 bits per heavy atom. The highest BCUT2D eigenvalue weighted by atomic mass is 127. The molecule has 0 heterocycles. The molecule has 0 aliphatic carbocycles. The summed E-state index contributed by atoms with van der Waals surface area (Å²) in [6.07, 6.45) is 0. The van der Waals surface area contributed by atoms with Crippen LogP contribution in [0.2, 0.25) is 5.02 Å². The molecule has 0 radical (unpaired) electrons. The first-order valence-electron chi connectivity index (χ1n) is 6.78. The fourth-order valence-corrected chi connectivity index (χ4v) is 1.60. The number of guanidine groups is 1. The fourth-order valence-electron chi connectivity index (χ4n) is 1.47. The number of methoxy groups -OCH3 is 1. The van der Waals surface area contributed by atoms with E-state index in [1.165, 1.54) is 0 Å². The molecule has 0 aliphatic heterocycles. The van der Waals surface area contributed by atoms with Crippen LogP contribution in [0.25, 0.3) is 0 Å². The third-order valence-corrected chi connectivity index (χ3v) is 3.16. The molecular weight excluding hydrogens is 401 g/mol. The summed E-state index contributed by atoms with van der Waals surface area (Å²) in [5.41, 5.74) is 0.897. The van der Waals surface area contributed by atoms with Gasteiger partial charge in [-0.3, -0.25) is 0 Å². The van der Waals surface area contributed by atoms with E-state index in [4.69, 9.17) is 16.3 Å². The van der Waals surface area contributed by atoms with E-state index in [9.17, 15) is 0 Å². The van der Waals surface area contributed by atoms with Crippen LogP contribution >= 0.6 is 35.6 Å². The molecule has 0 saturated carbocycles. The standard InChI is InChI=1S/C15H24ClN3O.HI/c1-5-17-14(19-11-15(2,3)20-4)18-10-12-6-8-13(16)9-7-12;/h6-9H,5,10-11H2,1-4H3,(H2,17,18,19);1H. The smallest absolute Gasteiger partial charge is 0.191 e. The van der Waals surface area contributed by atoms with Crippen LogP contribution in [0.5, 0.6) is 0 Å². The van der Waals surface area contributed by atoms with Crippen LogP contribution in [0.4, 0.5) is 0 Å². The van der Waals surface area contributed by atoms with E-state index < -0.39 is 0 Å². The predicted molar refractivity (Wildman–Crippen MR) is 101 cm³/mol. The van der Waals surface area contributed by atoms with Crippen LogP contribution < -0.4 is 10.6 Å². The highest BCUT2D eigenvalue weighted by molar-refractivity contribution is 14.0. The third-order valence-electron chi connectivity index (χ3n) is 2.91. The van der Waals surface area contributed by atoms with Gasteiger partial charge in [0.15, 0.2) is 5.96 Å². The van der Waals surface area contributed by atoms with E-state index in [0.29, 0.717) is 13.1 Å². The van der Waals surface area contributed by atoms with Gasteiger partial charge in [0.25, 0.3) is 0 Å². The van der Waals surface area contributed by atoms with E-state index in [1.807, 2.05) is 45.0 Å². The Hall–Kier alpha value is -0.530. The first-order valence-corrected chi connectivity index (χ1v) is 7.16. The minimum absolute atomic E-state index is 0. The van der Waals surface area contributed by atoms with Gasteiger partial charge in [-0.15, -0.1) is 24.0 Å². The summed E-state index contributed by atoms with van der Waals surface area (Å²) in [6, 6.07) is 7.71. The number of halogens is 2. The lowest BCUT2D eigenvalue weighted by molar-refractivity contribution is 0.0268. The molecule has 0 saturated heterocycles. The molecule has 1 aromatic carbocycles. The molecule has 0 amide bonds. The van der Waals surface area contributed by atoms with Crippen LogP contribution in [0.3, 0.4) is 0 Å². The Morgan fingerprint density at radius 3 is 2.38 bits per heavy atom. The topological polar surface area (TPSA) is 45.7 Å². The number of ether oxygens (including phenoxy) is 1. The number of nitrogens with one attached hydrogen (secondary N) is 2. The van der Waals surface area contributed by atoms with Crippen molar-refractivity contribution in [1.29, 1.82) is 0 Å². The highest BCUT2D eigenvalue weighted by Crippen LogP contribution is 2.10. The molecule has 0 aromatic heterocycles. The molecule has 0 spiro atoms. The molecule has 1 rings (SSSR count). The SMILES string of the molecule is CCNC(=NCc1ccc(Cl)cc1)NCC(C)(C)OC.I. The van der Waals surface area contributed by atoms with Crippen molar-refractivity contribution >= 4 is 41.5 Å². The molecule has 6 heteroatoms. The summed E-state index contributed by atoms with van der Waals surface area (Å²) in [5.74, 6) is 0.785. The normalized spacial score (nSPS) is 11.8. The van der Waals surface area contributed by atoms with Gasteiger partial charge in [0.1, 0.15) is 0 Å². The number of aliphatic imine (C=N–C) groups is 1. The Labute approximate surface area is 149 Å². The molecule has 120 valence electrons. The zero-order valence-corrected chi connectivity index (χ0v) is 16.2.